The first-order valence-electron chi connectivity index (χ1n) is 7.41. The predicted octanol–water partition coefficient (Wildman–Crippen LogP) is 3.29. The summed E-state index contributed by atoms with van der Waals surface area (Å²) in [4.78, 5) is 4.28. The van der Waals surface area contributed by atoms with E-state index in [0.29, 0.717) is 22.6 Å². The van der Waals surface area contributed by atoms with E-state index in [1.807, 2.05) is 0 Å². The first-order chi connectivity index (χ1) is 12.0. The topological polar surface area (TPSA) is 112 Å². The molecule has 0 fully saturated rings. The Morgan fingerprint density at radius 2 is 1.72 bits per heavy atom. The van der Waals surface area contributed by atoms with Gasteiger partial charge in [-0.1, -0.05) is 6.07 Å². The molecule has 0 amide bonds. The minimum absolute atomic E-state index is 0.00513. The standard InChI is InChI=1S/C19H15N3O3/c1-25-18-8-12(4-7-17(18)24)14-9-16(22-19(21)15(14)10-20)11-2-5-13(23)6-3-11/h2-9,23-24H,1H3,(H2,21,22). The molecule has 124 valence electrons. The van der Waals surface area contributed by atoms with Crippen molar-refractivity contribution >= 4 is 5.82 Å². The molecule has 4 N–H and O–H groups in total. The molecule has 0 spiro atoms. The van der Waals surface area contributed by atoms with Gasteiger partial charge in [-0.2, -0.15) is 5.26 Å². The summed E-state index contributed by atoms with van der Waals surface area (Å²) in [5, 5.41) is 28.7. The minimum Gasteiger partial charge on any atom is -0.508 e. The molecule has 1 aromatic heterocycles. The lowest BCUT2D eigenvalue weighted by Crippen LogP contribution is -2.00. The van der Waals surface area contributed by atoms with Gasteiger partial charge in [-0.15, -0.1) is 0 Å². The Kier molecular flexibility index (Phi) is 4.14. The number of phenolic OH excluding ortho intramolecular Hbond substituents is 2. The van der Waals surface area contributed by atoms with Crippen LogP contribution in [-0.2, 0) is 0 Å². The van der Waals surface area contributed by atoms with E-state index in [9.17, 15) is 15.5 Å². The number of nitriles is 1. The first kappa shape index (κ1) is 16.1. The highest BCUT2D eigenvalue weighted by molar-refractivity contribution is 5.81. The first-order valence-corrected chi connectivity index (χ1v) is 7.41. The Hall–Kier alpha value is -3.72. The Labute approximate surface area is 144 Å². The number of benzene rings is 2. The molecule has 3 rings (SSSR count). The van der Waals surface area contributed by atoms with E-state index in [0.717, 1.165) is 5.56 Å². The summed E-state index contributed by atoms with van der Waals surface area (Å²) in [6.45, 7) is 0. The van der Waals surface area contributed by atoms with Crippen molar-refractivity contribution in [3.63, 3.8) is 0 Å². The molecule has 6 heteroatoms. The number of anilines is 1. The van der Waals surface area contributed by atoms with Crippen LogP contribution in [0.5, 0.6) is 17.2 Å². The van der Waals surface area contributed by atoms with Crippen molar-refractivity contribution in [1.82, 2.24) is 4.98 Å². The molecule has 0 aliphatic heterocycles. The third kappa shape index (κ3) is 3.03. The fraction of sp³-hybridized carbons (Fsp3) is 0.0526. The van der Waals surface area contributed by atoms with E-state index in [1.165, 1.54) is 13.2 Å². The number of ether oxygens (including phenoxy) is 1. The van der Waals surface area contributed by atoms with Crippen molar-refractivity contribution in [3.8, 4) is 45.7 Å². The number of pyridine rings is 1. The fourth-order valence-electron chi connectivity index (χ4n) is 2.54. The number of nitrogens with zero attached hydrogens (tertiary/aromatic N) is 2. The van der Waals surface area contributed by atoms with E-state index < -0.39 is 0 Å². The normalized spacial score (nSPS) is 10.2. The van der Waals surface area contributed by atoms with E-state index in [4.69, 9.17) is 10.5 Å². The van der Waals surface area contributed by atoms with Crippen LogP contribution in [-0.4, -0.2) is 22.3 Å². The predicted molar refractivity (Wildman–Crippen MR) is 94.1 cm³/mol. The van der Waals surface area contributed by atoms with Crippen molar-refractivity contribution in [2.24, 2.45) is 0 Å². The van der Waals surface area contributed by atoms with Crippen molar-refractivity contribution in [2.45, 2.75) is 0 Å². The number of aromatic hydroxyl groups is 2. The molecule has 6 nitrogen and oxygen atoms in total. The molecule has 0 unspecified atom stereocenters. The maximum atomic E-state index is 9.77. The molecular formula is C19H15N3O3. The molecule has 0 bridgehead atoms. The van der Waals surface area contributed by atoms with Gasteiger partial charge in [0.15, 0.2) is 11.5 Å². The lowest BCUT2D eigenvalue weighted by atomic mass is 9.98. The molecule has 0 radical (unpaired) electrons. The average molecular weight is 333 g/mol. The van der Waals surface area contributed by atoms with Gasteiger partial charge in [-0.05, 0) is 48.0 Å². The summed E-state index contributed by atoms with van der Waals surface area (Å²) in [5.41, 5.74) is 8.79. The van der Waals surface area contributed by atoms with Crippen LogP contribution < -0.4 is 10.5 Å². The zero-order valence-electron chi connectivity index (χ0n) is 13.4. The summed E-state index contributed by atoms with van der Waals surface area (Å²) < 4.78 is 5.13. The molecule has 0 saturated carbocycles. The fourth-order valence-corrected chi connectivity index (χ4v) is 2.54. The van der Waals surface area contributed by atoms with Gasteiger partial charge in [0.05, 0.1) is 12.8 Å². The van der Waals surface area contributed by atoms with Gasteiger partial charge in [-0.3, -0.25) is 0 Å². The number of phenols is 2. The number of nitrogen functional groups attached to an aromatic ring is 1. The van der Waals surface area contributed by atoms with Gasteiger partial charge < -0.3 is 20.7 Å². The van der Waals surface area contributed by atoms with Crippen molar-refractivity contribution < 1.29 is 14.9 Å². The number of hydrogen-bond acceptors (Lipinski definition) is 6. The van der Waals surface area contributed by atoms with Crippen molar-refractivity contribution in [3.05, 3.63) is 54.1 Å². The smallest absolute Gasteiger partial charge is 0.161 e. The van der Waals surface area contributed by atoms with Crippen LogP contribution in [0.2, 0.25) is 0 Å². The quantitative estimate of drug-likeness (QED) is 0.678. The molecule has 1 heterocycles. The van der Waals surface area contributed by atoms with Crippen LogP contribution in [0.25, 0.3) is 22.4 Å². The highest BCUT2D eigenvalue weighted by Gasteiger charge is 2.15. The van der Waals surface area contributed by atoms with Gasteiger partial charge in [-0.25, -0.2) is 4.98 Å². The second-order valence-corrected chi connectivity index (χ2v) is 5.36. The molecule has 25 heavy (non-hydrogen) atoms. The lowest BCUT2D eigenvalue weighted by molar-refractivity contribution is 0.373. The van der Waals surface area contributed by atoms with Crippen LogP contribution in [0.1, 0.15) is 5.56 Å². The van der Waals surface area contributed by atoms with Crippen LogP contribution in [0.15, 0.2) is 48.5 Å². The largest absolute Gasteiger partial charge is 0.508 e. The molecule has 0 saturated heterocycles. The molecular weight excluding hydrogens is 318 g/mol. The summed E-state index contributed by atoms with van der Waals surface area (Å²) in [7, 11) is 1.45. The van der Waals surface area contributed by atoms with E-state index in [-0.39, 0.29) is 22.9 Å². The molecule has 2 aromatic carbocycles. The average Bonchev–Trinajstić information content (AvgIpc) is 2.62. The van der Waals surface area contributed by atoms with E-state index in [2.05, 4.69) is 11.1 Å². The van der Waals surface area contributed by atoms with Gasteiger partial charge >= 0.3 is 0 Å². The van der Waals surface area contributed by atoms with Gasteiger partial charge in [0.1, 0.15) is 23.2 Å². The Morgan fingerprint density at radius 1 is 1.04 bits per heavy atom. The third-order valence-corrected chi connectivity index (χ3v) is 3.81. The monoisotopic (exact) mass is 333 g/mol. The van der Waals surface area contributed by atoms with Crippen LogP contribution in [0.3, 0.4) is 0 Å². The van der Waals surface area contributed by atoms with E-state index >= 15 is 0 Å². The van der Waals surface area contributed by atoms with Crippen molar-refractivity contribution in [1.29, 1.82) is 5.26 Å². The summed E-state index contributed by atoms with van der Waals surface area (Å²) in [6, 6.07) is 15.1. The van der Waals surface area contributed by atoms with Gasteiger partial charge in [0, 0.05) is 11.1 Å². The van der Waals surface area contributed by atoms with E-state index in [1.54, 1.807) is 42.5 Å². The molecule has 0 aliphatic carbocycles. The van der Waals surface area contributed by atoms with Crippen LogP contribution in [0, 0.1) is 11.3 Å². The SMILES string of the molecule is COc1cc(-c2cc(-c3ccc(O)cc3)nc(N)c2C#N)ccc1O. The molecule has 3 aromatic rings. The second kappa shape index (κ2) is 6.42. The van der Waals surface area contributed by atoms with Crippen LogP contribution >= 0.6 is 0 Å². The maximum absolute atomic E-state index is 9.77. The number of rotatable bonds is 3. The highest BCUT2D eigenvalue weighted by atomic mass is 16.5. The zero-order chi connectivity index (χ0) is 18.0. The summed E-state index contributed by atoms with van der Waals surface area (Å²) in [5.74, 6) is 0.553. The highest BCUT2D eigenvalue weighted by Crippen LogP contribution is 2.36. The third-order valence-electron chi connectivity index (χ3n) is 3.81. The van der Waals surface area contributed by atoms with Gasteiger partial charge in [0.25, 0.3) is 0 Å². The summed E-state index contributed by atoms with van der Waals surface area (Å²) in [6.07, 6.45) is 0. The molecule has 0 atom stereocenters. The minimum atomic E-state index is 0.00513. The number of hydrogen-bond donors (Lipinski definition) is 3. The maximum Gasteiger partial charge on any atom is 0.161 e. The Bertz CT molecular complexity index is 976. The zero-order valence-corrected chi connectivity index (χ0v) is 13.4. The number of aromatic nitrogens is 1. The van der Waals surface area contributed by atoms with Gasteiger partial charge in [0.2, 0.25) is 0 Å². The summed E-state index contributed by atoms with van der Waals surface area (Å²) >= 11 is 0. The number of nitrogens with two attached hydrogens (primary N) is 1. The second-order valence-electron chi connectivity index (χ2n) is 5.36. The Morgan fingerprint density at radius 3 is 2.36 bits per heavy atom. The number of methoxy groups -OCH3 is 1. The lowest BCUT2D eigenvalue weighted by Gasteiger charge is -2.12. The van der Waals surface area contributed by atoms with Crippen LogP contribution in [0.4, 0.5) is 5.82 Å². The Balaban J connectivity index is 2.21. The molecule has 0 aliphatic rings. The van der Waals surface area contributed by atoms with Crippen molar-refractivity contribution in [2.75, 3.05) is 12.8 Å².